The molecule has 1 aromatic heterocycles. The molecule has 92 heavy (non-hydrogen) atoms. The number of ether oxygens (including phenoxy) is 7. The van der Waals surface area contributed by atoms with Gasteiger partial charge >= 0.3 is 24.2 Å². The van der Waals surface area contributed by atoms with Crippen LogP contribution < -0.4 is 52.6 Å². The average Bonchev–Trinajstić information content (AvgIpc) is 1.57. The van der Waals surface area contributed by atoms with Crippen LogP contribution in [0.5, 0.6) is 5.75 Å². The number of nitrogens with two attached hydrogens (primary N) is 1. The van der Waals surface area contributed by atoms with Crippen LogP contribution in [0.2, 0.25) is 5.02 Å². The lowest BCUT2D eigenvalue weighted by Crippen LogP contribution is -2.63. The molecule has 3 saturated heterocycles. The monoisotopic (exact) mass is 1320 g/mol. The molecule has 5 heterocycles. The first kappa shape index (κ1) is 71.2. The lowest BCUT2D eigenvalue weighted by atomic mass is 9.83. The molecule has 3 fully saturated rings. The Morgan fingerprint density at radius 3 is 2.36 bits per heavy atom. The molecule has 10 N–H and O–H groups in total. The zero-order chi connectivity index (χ0) is 67.0. The Hall–Kier alpha value is -8.26. The summed E-state index contributed by atoms with van der Waals surface area (Å²) < 4.78 is 40.4. The van der Waals surface area contributed by atoms with E-state index in [1.165, 1.54) is 25.2 Å². The van der Waals surface area contributed by atoms with Crippen molar-refractivity contribution in [2.75, 3.05) is 76.3 Å². The number of benzene rings is 2. The fraction of sp³-hybridized carbons (Fsp3) is 0.525. The zero-order valence-corrected chi connectivity index (χ0v) is 54.0. The summed E-state index contributed by atoms with van der Waals surface area (Å²) in [5.74, 6) is -4.08. The highest BCUT2D eigenvalue weighted by atomic mass is 35.5. The molecular formula is C61H80ClN11O18S. The number of methoxy groups -OCH3 is 2. The van der Waals surface area contributed by atoms with Gasteiger partial charge in [0.2, 0.25) is 17.7 Å². The fourth-order valence-electron chi connectivity index (χ4n) is 10.7. The van der Waals surface area contributed by atoms with Crippen molar-refractivity contribution in [2.45, 2.75) is 134 Å². The molecule has 31 heteroatoms. The minimum atomic E-state index is -1.90. The number of hydroxylamine groups is 2. The van der Waals surface area contributed by atoms with Gasteiger partial charge in [0, 0.05) is 63.5 Å². The highest BCUT2D eigenvalue weighted by Gasteiger charge is 2.64. The summed E-state index contributed by atoms with van der Waals surface area (Å²) in [6.45, 7) is 9.75. The summed E-state index contributed by atoms with van der Waals surface area (Å²) in [6, 6.07) is 8.67. The maximum absolute atomic E-state index is 14.5. The van der Waals surface area contributed by atoms with E-state index in [-0.39, 0.29) is 106 Å². The first-order valence-corrected chi connectivity index (χ1v) is 30.7. The first-order valence-electron chi connectivity index (χ1n) is 29.9. The number of carbonyl (C=O) groups excluding carboxylic acids is 9. The number of rotatable bonds is 24. The van der Waals surface area contributed by atoms with E-state index in [9.17, 15) is 48.3 Å². The van der Waals surface area contributed by atoms with Crippen LogP contribution in [-0.4, -0.2) is 183 Å². The predicted molar refractivity (Wildman–Crippen MR) is 338 cm³/mol. The third kappa shape index (κ3) is 19.2. The highest BCUT2D eigenvalue weighted by molar-refractivity contribution is 7.80. The summed E-state index contributed by atoms with van der Waals surface area (Å²) in [7, 11) is 4.42. The number of allylic oxidation sites excluding steroid dienone is 3. The van der Waals surface area contributed by atoms with Crippen molar-refractivity contribution in [3.8, 4) is 5.75 Å². The van der Waals surface area contributed by atoms with Crippen molar-refractivity contribution in [1.29, 1.82) is 0 Å². The second-order valence-corrected chi connectivity index (χ2v) is 23.8. The van der Waals surface area contributed by atoms with Gasteiger partial charge < -0.3 is 80.3 Å². The summed E-state index contributed by atoms with van der Waals surface area (Å²) in [4.78, 5) is 127. The van der Waals surface area contributed by atoms with Crippen LogP contribution in [0, 0.1) is 11.8 Å². The van der Waals surface area contributed by atoms with Gasteiger partial charge in [0.25, 0.3) is 11.8 Å². The molecule has 0 saturated carbocycles. The molecule has 2 aromatic carbocycles. The normalized spacial score (nSPS) is 23.9. The number of hydrogen-bond donors (Lipinski definition) is 9. The van der Waals surface area contributed by atoms with Crippen LogP contribution in [0.1, 0.15) is 85.1 Å². The van der Waals surface area contributed by atoms with E-state index in [2.05, 4.69) is 42.2 Å². The van der Waals surface area contributed by atoms with E-state index < -0.39 is 114 Å². The van der Waals surface area contributed by atoms with Gasteiger partial charge in [-0.2, -0.15) is 0 Å². The van der Waals surface area contributed by atoms with Crippen molar-refractivity contribution in [3.63, 3.8) is 0 Å². The number of thiocarbonyl (C=S) groups is 1. The third-order valence-electron chi connectivity index (χ3n) is 15.8. The number of anilines is 3. The number of aromatic nitrogens is 1. The number of pyridine rings is 1. The standard InChI is InChI=1S/C61H80ClN11O18S/c1-33(2)52(70-57(92)65-22-24-87-26-25-86-23-20-50(77)91-73-47(74)18-19-48(73)75)55(79)68-40(12-10-21-64-56(63)80)54(78)69-46-17-14-37-30-38(15-16-39(37)67-46)66-58(81)89-45-31-49(76)72(6)41-28-36(29-42(84-7)51(41)62)27-34(3)11-9-13-44(85-8)61(83)32-43(88-59(82)71-61)35(4)53-60(45,5)90-53/h9,11,13-17,28-30,33,35,40,43-45,52-53,83H,10,12,18-27,31-32H2,1-8H3,(H,66,81)(H,68,79)(H,71,82)(H3,63,64,80)(H2,65,70,92)(H,67,69,78)/b13-9+,34-11+/t35-,40+,43+,44-,45+,52+,53+,60+,61+/m1/s1. The number of urea groups is 1. The molecule has 29 nitrogen and oxygen atoms in total. The van der Waals surface area contributed by atoms with E-state index >= 15 is 0 Å². The number of hydrogen-bond acceptors (Lipinski definition) is 20. The molecule has 0 radical (unpaired) electrons. The number of nitrogens with one attached hydrogen (secondary N) is 7. The van der Waals surface area contributed by atoms with Crippen LogP contribution >= 0.6 is 23.8 Å². The number of alkyl carbamates (subject to hydrolysis) is 1. The molecule has 0 unspecified atom stereocenters. The molecule has 0 aliphatic carbocycles. The molecule has 9 atom stereocenters. The number of fused-ring (bicyclic) bond motifs is 6. The summed E-state index contributed by atoms with van der Waals surface area (Å²) in [6.07, 6.45) is -0.553. The Morgan fingerprint density at radius 1 is 0.935 bits per heavy atom. The Morgan fingerprint density at radius 2 is 1.66 bits per heavy atom. The first-order chi connectivity index (χ1) is 43.7. The Kier molecular flexibility index (Phi) is 25.0. The van der Waals surface area contributed by atoms with Crippen LogP contribution in [0.15, 0.2) is 66.3 Å². The quantitative estimate of drug-likeness (QED) is 0.0261. The molecule has 9 amide bonds. The average molecular weight is 1320 g/mol. The van der Waals surface area contributed by atoms with Crippen molar-refractivity contribution >= 4 is 111 Å². The van der Waals surface area contributed by atoms with Crippen LogP contribution in [0.25, 0.3) is 10.9 Å². The van der Waals surface area contributed by atoms with E-state index in [1.807, 2.05) is 13.0 Å². The lowest BCUT2D eigenvalue weighted by Gasteiger charge is -2.42. The van der Waals surface area contributed by atoms with Crippen molar-refractivity contribution in [3.05, 3.63) is 76.9 Å². The second kappa shape index (κ2) is 32.3. The summed E-state index contributed by atoms with van der Waals surface area (Å²) >= 11 is 12.3. The summed E-state index contributed by atoms with van der Waals surface area (Å²) in [5.41, 5.74) is 4.70. The van der Waals surface area contributed by atoms with E-state index in [1.54, 1.807) is 83.3 Å². The molecule has 7 rings (SSSR count). The highest BCUT2D eigenvalue weighted by Crippen LogP contribution is 2.49. The molecule has 0 spiro atoms. The Labute approximate surface area is 541 Å². The smallest absolute Gasteiger partial charge is 0.412 e. The lowest BCUT2D eigenvalue weighted by molar-refractivity contribution is -0.198. The topological polar surface area (TPSA) is 381 Å². The minimum Gasteiger partial charge on any atom is -0.495 e. The van der Waals surface area contributed by atoms with Crippen LogP contribution in [0.4, 0.5) is 31.6 Å². The van der Waals surface area contributed by atoms with Gasteiger partial charge in [0.1, 0.15) is 52.6 Å². The van der Waals surface area contributed by atoms with Gasteiger partial charge in [-0.15, -0.1) is 5.06 Å². The van der Waals surface area contributed by atoms with E-state index in [4.69, 9.17) is 67.5 Å². The largest absolute Gasteiger partial charge is 0.495 e. The number of primary amides is 1. The molecule has 500 valence electrons. The van der Waals surface area contributed by atoms with Gasteiger partial charge in [0.05, 0.1) is 63.7 Å². The van der Waals surface area contributed by atoms with Crippen molar-refractivity contribution in [2.24, 2.45) is 17.6 Å². The number of halogens is 1. The van der Waals surface area contributed by atoms with Crippen LogP contribution in [0.3, 0.4) is 0 Å². The van der Waals surface area contributed by atoms with Gasteiger partial charge in [0.15, 0.2) is 10.8 Å². The predicted octanol–water partition coefficient (Wildman–Crippen LogP) is 4.31. The number of amides is 9. The Balaban J connectivity index is 0.977. The number of aliphatic hydroxyl groups is 1. The van der Waals surface area contributed by atoms with Gasteiger partial charge in [-0.05, 0) is 99.3 Å². The number of imide groups is 1. The van der Waals surface area contributed by atoms with Gasteiger partial charge in [-0.3, -0.25) is 34.6 Å². The second-order valence-electron chi connectivity index (χ2n) is 23.0. The molecular weight excluding hydrogens is 1240 g/mol. The fourth-order valence-corrected chi connectivity index (χ4v) is 11.2. The van der Waals surface area contributed by atoms with Crippen LogP contribution in [-0.2, 0) is 68.4 Å². The van der Waals surface area contributed by atoms with Crippen molar-refractivity contribution < 1.29 is 86.3 Å². The molecule has 4 aliphatic rings. The number of epoxide rings is 1. The van der Waals surface area contributed by atoms with E-state index in [0.29, 0.717) is 33.8 Å². The maximum Gasteiger partial charge on any atom is 0.412 e. The number of carbonyl (C=O) groups is 9. The zero-order valence-electron chi connectivity index (χ0n) is 52.4. The third-order valence-corrected chi connectivity index (χ3v) is 16.4. The Bertz CT molecular complexity index is 3300. The molecule has 4 aliphatic heterocycles. The molecule has 3 aromatic rings. The maximum atomic E-state index is 14.5. The van der Waals surface area contributed by atoms with Gasteiger partial charge in [-0.1, -0.05) is 56.2 Å². The molecule has 4 bridgehead atoms. The summed E-state index contributed by atoms with van der Waals surface area (Å²) in [5, 5.41) is 32.5. The minimum absolute atomic E-state index is 0.00824. The van der Waals surface area contributed by atoms with Gasteiger partial charge in [-0.25, -0.2) is 24.2 Å². The van der Waals surface area contributed by atoms with E-state index in [0.717, 1.165) is 11.1 Å². The number of nitrogens with zero attached hydrogens (tertiary/aromatic N) is 3. The van der Waals surface area contributed by atoms with Crippen molar-refractivity contribution in [1.82, 2.24) is 36.6 Å². The SMILES string of the molecule is COc1cc2cc(c1Cl)N(C)C(=O)C[C@H](OC(=O)Nc1ccc3nc(NC(=O)[C@H](CCCNC(N)=O)NC(=O)[C@@H](NC(=S)NCCOCCOCCC(=O)ON4C(=O)CCC4=O)C(C)C)ccc3c1)[C@]1(C)O[C@H]1[C@H](C)[C@@H]1C[C@@](O)(NC(=O)O1)[C@H](OC)/C=C/C=C(\C)C2.